The van der Waals surface area contributed by atoms with Gasteiger partial charge in [0.05, 0.1) is 11.4 Å². The van der Waals surface area contributed by atoms with E-state index in [1.165, 1.54) is 17.0 Å². The first-order valence-electron chi connectivity index (χ1n) is 7.19. The van der Waals surface area contributed by atoms with E-state index in [1.54, 1.807) is 11.3 Å². The molecule has 0 aliphatic carbocycles. The highest BCUT2D eigenvalue weighted by atomic mass is 32.1. The summed E-state index contributed by atoms with van der Waals surface area (Å²) in [6, 6.07) is 0. The quantitative estimate of drug-likeness (QED) is 0.915. The van der Waals surface area contributed by atoms with Crippen LogP contribution in [0.1, 0.15) is 51.2 Å². The van der Waals surface area contributed by atoms with Crippen molar-refractivity contribution in [1.82, 2.24) is 14.7 Å². The summed E-state index contributed by atoms with van der Waals surface area (Å²) in [7, 11) is 0. The molecule has 3 nitrogen and oxygen atoms in total. The van der Waals surface area contributed by atoms with Gasteiger partial charge in [-0.25, -0.2) is 4.98 Å². The van der Waals surface area contributed by atoms with E-state index in [2.05, 4.69) is 67.7 Å². The molecule has 2 aromatic heterocycles. The van der Waals surface area contributed by atoms with Crippen LogP contribution < -0.4 is 5.32 Å². The molecule has 20 heavy (non-hydrogen) atoms. The smallest absolute Gasteiger partial charge is 0.194 e. The number of nitrogens with zero attached hydrogens (tertiary/aromatic N) is 2. The Morgan fingerprint density at radius 1 is 1.40 bits per heavy atom. The van der Waals surface area contributed by atoms with E-state index >= 15 is 0 Å². The Bertz CT molecular complexity index is 626. The first kappa shape index (κ1) is 15.3. The Kier molecular flexibility index (Phi) is 4.35. The normalized spacial score (nSPS) is 13.4. The minimum Gasteiger partial charge on any atom is -0.308 e. The van der Waals surface area contributed by atoms with Gasteiger partial charge in [-0.15, -0.1) is 11.3 Å². The maximum Gasteiger partial charge on any atom is 0.194 e. The lowest BCUT2D eigenvalue weighted by atomic mass is 10.1. The van der Waals surface area contributed by atoms with Crippen molar-refractivity contribution in [2.24, 2.45) is 0 Å². The van der Waals surface area contributed by atoms with Crippen LogP contribution in [0.5, 0.6) is 0 Å². The van der Waals surface area contributed by atoms with Gasteiger partial charge < -0.3 is 5.32 Å². The first-order chi connectivity index (χ1) is 9.31. The fourth-order valence-electron chi connectivity index (χ4n) is 2.15. The molecule has 110 valence electrons. The summed E-state index contributed by atoms with van der Waals surface area (Å²) < 4.78 is 2.26. The van der Waals surface area contributed by atoms with E-state index in [9.17, 15) is 0 Å². The van der Waals surface area contributed by atoms with Gasteiger partial charge in [-0.05, 0) is 47.1 Å². The molecule has 4 heteroatoms. The van der Waals surface area contributed by atoms with Crippen LogP contribution in [-0.2, 0) is 0 Å². The Hall–Kier alpha value is -1.13. The molecule has 0 fully saturated rings. The van der Waals surface area contributed by atoms with Crippen LogP contribution in [0.3, 0.4) is 0 Å². The van der Waals surface area contributed by atoms with Crippen LogP contribution in [0.25, 0.3) is 11.0 Å². The van der Waals surface area contributed by atoms with Crippen molar-refractivity contribution in [3.05, 3.63) is 28.0 Å². The molecule has 2 rings (SSSR count). The Balaban J connectivity index is 2.34. The number of nitrogens with one attached hydrogen (secondary N) is 1. The summed E-state index contributed by atoms with van der Waals surface area (Å²) in [5, 5.41) is 5.73. The third kappa shape index (κ3) is 3.30. The third-order valence-electron chi connectivity index (χ3n) is 3.39. The summed E-state index contributed by atoms with van der Waals surface area (Å²) in [5.41, 5.74) is 5.16. The maximum absolute atomic E-state index is 4.65. The molecule has 1 N–H and O–H groups in total. The van der Waals surface area contributed by atoms with Crippen LogP contribution in [-0.4, -0.2) is 21.5 Å². The lowest BCUT2D eigenvalue weighted by Gasteiger charge is -2.21. The number of fused-ring (bicyclic) bond motifs is 1. The molecule has 2 aromatic rings. The summed E-state index contributed by atoms with van der Waals surface area (Å²) in [6.07, 6.45) is 3.35. The average molecular weight is 291 g/mol. The van der Waals surface area contributed by atoms with E-state index in [4.69, 9.17) is 0 Å². The van der Waals surface area contributed by atoms with Gasteiger partial charge in [0, 0.05) is 23.2 Å². The highest BCUT2D eigenvalue weighted by Gasteiger charge is 2.12. The predicted molar refractivity (Wildman–Crippen MR) is 88.6 cm³/mol. The molecule has 0 unspecified atom stereocenters. The van der Waals surface area contributed by atoms with Gasteiger partial charge in [0.2, 0.25) is 0 Å². The monoisotopic (exact) mass is 291 g/mol. The molecule has 0 aromatic carbocycles. The lowest BCUT2D eigenvalue weighted by molar-refractivity contribution is 0.443. The van der Waals surface area contributed by atoms with Gasteiger partial charge >= 0.3 is 0 Å². The van der Waals surface area contributed by atoms with E-state index in [0.717, 1.165) is 23.6 Å². The molecule has 0 bridgehead atoms. The van der Waals surface area contributed by atoms with Crippen molar-refractivity contribution in [3.8, 4) is 0 Å². The number of aromatic nitrogens is 2. The Labute approximate surface area is 125 Å². The van der Waals surface area contributed by atoms with Crippen molar-refractivity contribution in [2.45, 2.75) is 53.5 Å². The van der Waals surface area contributed by atoms with Gasteiger partial charge in [-0.1, -0.05) is 12.5 Å². The molecule has 0 saturated carbocycles. The van der Waals surface area contributed by atoms with Gasteiger partial charge in [0.1, 0.15) is 0 Å². The molecular formula is C16H25N3S. The molecule has 0 saturated heterocycles. The topological polar surface area (TPSA) is 29.3 Å². The number of hydrogen-bond acceptors (Lipinski definition) is 3. The van der Waals surface area contributed by atoms with E-state index in [-0.39, 0.29) is 5.54 Å². The van der Waals surface area contributed by atoms with Crippen molar-refractivity contribution >= 4 is 22.4 Å². The number of imidazole rings is 1. The molecule has 0 atom stereocenters. The fourth-order valence-corrected chi connectivity index (χ4v) is 3.06. The van der Waals surface area contributed by atoms with E-state index < -0.39 is 0 Å². The number of aryl methyl sites for hydroxylation is 2. The summed E-state index contributed by atoms with van der Waals surface area (Å²) in [4.78, 5) is 5.74. The summed E-state index contributed by atoms with van der Waals surface area (Å²) >= 11 is 1.71. The lowest BCUT2D eigenvalue weighted by Crippen LogP contribution is -2.37. The summed E-state index contributed by atoms with van der Waals surface area (Å²) in [6.45, 7) is 14.0. The van der Waals surface area contributed by atoms with E-state index in [1.807, 2.05) is 0 Å². The van der Waals surface area contributed by atoms with Crippen molar-refractivity contribution in [3.63, 3.8) is 0 Å². The predicted octanol–water partition coefficient (Wildman–Crippen LogP) is 4.19. The number of thiazole rings is 1. The molecule has 0 radical (unpaired) electrons. The number of rotatable bonds is 4. The fraction of sp³-hybridized carbons (Fsp3) is 0.562. The molecule has 0 amide bonds. The van der Waals surface area contributed by atoms with Gasteiger partial charge in [0.15, 0.2) is 4.96 Å². The van der Waals surface area contributed by atoms with Crippen molar-refractivity contribution in [1.29, 1.82) is 0 Å². The van der Waals surface area contributed by atoms with Crippen molar-refractivity contribution < 1.29 is 0 Å². The van der Waals surface area contributed by atoms with Crippen LogP contribution in [0.15, 0.2) is 11.0 Å². The molecular weight excluding hydrogens is 266 g/mol. The van der Waals surface area contributed by atoms with Gasteiger partial charge in [-0.2, -0.15) is 0 Å². The maximum atomic E-state index is 4.65. The van der Waals surface area contributed by atoms with Crippen LogP contribution in [0, 0.1) is 13.8 Å². The zero-order valence-electron chi connectivity index (χ0n) is 13.4. The second-order valence-electron chi connectivity index (χ2n) is 6.34. The molecule has 0 aliphatic rings. The SMILES string of the molecule is CCC(=Cc1c(C)nc2scc(C)n12)CNC(C)(C)C. The molecule has 0 aliphatic heterocycles. The minimum absolute atomic E-state index is 0.147. The molecule has 0 spiro atoms. The number of hydrogen-bond donors (Lipinski definition) is 1. The minimum atomic E-state index is 0.147. The molecule has 2 heterocycles. The van der Waals surface area contributed by atoms with Crippen LogP contribution in [0.4, 0.5) is 0 Å². The van der Waals surface area contributed by atoms with Gasteiger partial charge in [0.25, 0.3) is 0 Å². The summed E-state index contributed by atoms with van der Waals surface area (Å²) in [5.74, 6) is 0. The second kappa shape index (κ2) is 5.70. The zero-order valence-corrected chi connectivity index (χ0v) is 14.2. The van der Waals surface area contributed by atoms with E-state index in [0.29, 0.717) is 0 Å². The van der Waals surface area contributed by atoms with Gasteiger partial charge in [-0.3, -0.25) is 4.40 Å². The highest BCUT2D eigenvalue weighted by molar-refractivity contribution is 7.15. The largest absolute Gasteiger partial charge is 0.308 e. The first-order valence-corrected chi connectivity index (χ1v) is 8.07. The van der Waals surface area contributed by atoms with Crippen LogP contribution in [0.2, 0.25) is 0 Å². The Morgan fingerprint density at radius 2 is 2.10 bits per heavy atom. The van der Waals surface area contributed by atoms with Crippen LogP contribution >= 0.6 is 11.3 Å². The zero-order chi connectivity index (χ0) is 14.9. The Morgan fingerprint density at radius 3 is 2.70 bits per heavy atom. The third-order valence-corrected chi connectivity index (χ3v) is 4.34. The van der Waals surface area contributed by atoms with Crippen molar-refractivity contribution in [2.75, 3.05) is 6.54 Å². The highest BCUT2D eigenvalue weighted by Crippen LogP contribution is 2.23. The second-order valence-corrected chi connectivity index (χ2v) is 7.17. The average Bonchev–Trinajstić information content (AvgIpc) is 2.84. The standard InChI is InChI=1S/C16H25N3S/c1-7-13(9-17-16(4,5)6)8-14-12(3)18-15-19(14)11(2)10-20-15/h8,10,17H,7,9H2,1-6H3.